The molecular weight excluding hydrogens is 580 g/mol. The van der Waals surface area contributed by atoms with Gasteiger partial charge in [0.2, 0.25) is 0 Å². The number of para-hydroxylation sites is 1. The van der Waals surface area contributed by atoms with E-state index in [0.717, 1.165) is 11.1 Å². The van der Waals surface area contributed by atoms with E-state index in [1.54, 1.807) is 30.3 Å². The van der Waals surface area contributed by atoms with E-state index in [9.17, 15) is 9.59 Å². The van der Waals surface area contributed by atoms with E-state index in [1.807, 2.05) is 67.6 Å². The molecule has 7 nitrogen and oxygen atoms in total. The molecule has 1 N–H and O–H groups in total. The van der Waals surface area contributed by atoms with E-state index < -0.39 is 0 Å². The Morgan fingerprint density at radius 3 is 2.54 bits per heavy atom. The summed E-state index contributed by atoms with van der Waals surface area (Å²) in [4.78, 5) is 30.7. The van der Waals surface area contributed by atoms with E-state index in [4.69, 9.17) is 21.3 Å². The average Bonchev–Trinajstić information content (AvgIpc) is 2.93. The molecule has 0 atom stereocenters. The monoisotopic (exact) mass is 600 g/mol. The predicted octanol–water partition coefficient (Wildman–Crippen LogP) is 6.69. The molecule has 1 heterocycles. The van der Waals surface area contributed by atoms with Crippen LogP contribution in [0, 0.1) is 6.92 Å². The summed E-state index contributed by atoms with van der Waals surface area (Å²) in [6.45, 7) is 1.72. The van der Waals surface area contributed by atoms with Crippen LogP contribution in [0.4, 0.5) is 5.69 Å². The van der Waals surface area contributed by atoms with Gasteiger partial charge < -0.3 is 10.1 Å². The number of ether oxygens (including phenoxy) is 1. The second-order valence-electron chi connectivity index (χ2n) is 8.69. The van der Waals surface area contributed by atoms with Crippen LogP contribution in [0.1, 0.15) is 11.1 Å². The Morgan fingerprint density at radius 2 is 1.77 bits per heavy atom. The van der Waals surface area contributed by atoms with Gasteiger partial charge in [-0.1, -0.05) is 71.8 Å². The van der Waals surface area contributed by atoms with Crippen molar-refractivity contribution in [2.45, 2.75) is 6.92 Å². The molecule has 0 bridgehead atoms. The summed E-state index contributed by atoms with van der Waals surface area (Å²) in [5.74, 6) is 0.409. The number of anilines is 1. The number of rotatable bonds is 7. The molecular formula is C30H22BrClN4O3. The summed E-state index contributed by atoms with van der Waals surface area (Å²) in [7, 11) is 0. The molecule has 5 rings (SSSR count). The van der Waals surface area contributed by atoms with Crippen molar-refractivity contribution in [1.29, 1.82) is 0 Å². The molecule has 0 aliphatic carbocycles. The minimum atomic E-state index is -0.329. The lowest BCUT2D eigenvalue weighted by molar-refractivity contribution is -0.118. The number of nitrogens with zero attached hydrogens (tertiary/aromatic N) is 3. The molecule has 5 aromatic rings. The summed E-state index contributed by atoms with van der Waals surface area (Å²) in [6, 6.07) is 27.2. The maximum absolute atomic E-state index is 13.5. The molecule has 0 aliphatic rings. The molecule has 0 saturated carbocycles. The predicted molar refractivity (Wildman–Crippen MR) is 159 cm³/mol. The van der Waals surface area contributed by atoms with Gasteiger partial charge in [0.1, 0.15) is 5.75 Å². The zero-order valence-electron chi connectivity index (χ0n) is 20.8. The zero-order valence-corrected chi connectivity index (χ0v) is 23.1. The van der Waals surface area contributed by atoms with Gasteiger partial charge in [-0.05, 0) is 59.3 Å². The molecule has 194 valence electrons. The van der Waals surface area contributed by atoms with Crippen molar-refractivity contribution in [3.8, 4) is 17.1 Å². The van der Waals surface area contributed by atoms with E-state index >= 15 is 0 Å². The fourth-order valence-corrected chi connectivity index (χ4v) is 4.87. The lowest BCUT2D eigenvalue weighted by Crippen LogP contribution is -2.21. The van der Waals surface area contributed by atoms with Crippen LogP contribution < -0.4 is 15.6 Å². The van der Waals surface area contributed by atoms with Gasteiger partial charge in [-0.2, -0.15) is 9.78 Å². The Bertz CT molecular complexity index is 1750. The zero-order chi connectivity index (χ0) is 27.4. The fraction of sp³-hybridized carbons (Fsp3) is 0.0667. The summed E-state index contributed by atoms with van der Waals surface area (Å²) >= 11 is 9.78. The number of nitrogens with one attached hydrogen (secondary N) is 1. The quantitative estimate of drug-likeness (QED) is 0.211. The van der Waals surface area contributed by atoms with Crippen molar-refractivity contribution in [2.75, 3.05) is 11.9 Å². The molecule has 0 radical (unpaired) electrons. The maximum atomic E-state index is 13.5. The molecule has 39 heavy (non-hydrogen) atoms. The number of benzene rings is 4. The molecule has 0 unspecified atom stereocenters. The van der Waals surface area contributed by atoms with Crippen LogP contribution in [0.15, 0.2) is 105 Å². The van der Waals surface area contributed by atoms with E-state index in [-0.39, 0.29) is 18.1 Å². The van der Waals surface area contributed by atoms with Crippen molar-refractivity contribution in [3.05, 3.63) is 122 Å². The highest BCUT2D eigenvalue weighted by molar-refractivity contribution is 9.10. The van der Waals surface area contributed by atoms with Crippen molar-refractivity contribution < 1.29 is 9.53 Å². The number of hydrogen-bond donors (Lipinski definition) is 1. The van der Waals surface area contributed by atoms with Crippen LogP contribution in [0.25, 0.3) is 22.3 Å². The normalized spacial score (nSPS) is 11.2. The van der Waals surface area contributed by atoms with Gasteiger partial charge in [-0.25, -0.2) is 4.98 Å². The molecule has 0 spiro atoms. The molecule has 0 aliphatic heterocycles. The van der Waals surface area contributed by atoms with Gasteiger partial charge in [0.15, 0.2) is 12.4 Å². The Labute approximate surface area is 237 Å². The first kappa shape index (κ1) is 26.3. The van der Waals surface area contributed by atoms with Crippen LogP contribution >= 0.6 is 27.5 Å². The first-order chi connectivity index (χ1) is 18.9. The number of hydrogen-bond acceptors (Lipinski definition) is 5. The van der Waals surface area contributed by atoms with Crippen LogP contribution in [-0.4, -0.2) is 28.4 Å². The topological polar surface area (TPSA) is 85.6 Å². The number of amides is 1. The van der Waals surface area contributed by atoms with Gasteiger partial charge >= 0.3 is 0 Å². The second kappa shape index (κ2) is 11.6. The SMILES string of the molecule is Cc1ccc(NC(=O)COc2c(Br)cc(Cl)cc2C=Nn2c(-c3ccccc3)nc3ccccc3c2=O)cc1. The van der Waals surface area contributed by atoms with Gasteiger partial charge in [0.05, 0.1) is 21.6 Å². The highest BCUT2D eigenvalue weighted by Crippen LogP contribution is 2.32. The summed E-state index contributed by atoms with van der Waals surface area (Å²) < 4.78 is 7.66. The highest BCUT2D eigenvalue weighted by Gasteiger charge is 2.15. The van der Waals surface area contributed by atoms with E-state index in [1.165, 1.54) is 10.9 Å². The van der Waals surface area contributed by atoms with Gasteiger partial charge in [0, 0.05) is 21.8 Å². The first-order valence-electron chi connectivity index (χ1n) is 12.0. The molecule has 9 heteroatoms. The summed E-state index contributed by atoms with van der Waals surface area (Å²) in [5, 5.41) is 8.17. The Morgan fingerprint density at radius 1 is 1.05 bits per heavy atom. The van der Waals surface area contributed by atoms with Crippen LogP contribution in [0.3, 0.4) is 0 Å². The third kappa shape index (κ3) is 6.08. The van der Waals surface area contributed by atoms with Crippen LogP contribution in [-0.2, 0) is 4.79 Å². The molecule has 1 amide bonds. The largest absolute Gasteiger partial charge is 0.482 e. The lowest BCUT2D eigenvalue weighted by atomic mass is 10.2. The maximum Gasteiger partial charge on any atom is 0.282 e. The lowest BCUT2D eigenvalue weighted by Gasteiger charge is -2.13. The molecule has 4 aromatic carbocycles. The first-order valence-corrected chi connectivity index (χ1v) is 13.2. The average molecular weight is 602 g/mol. The molecule has 0 saturated heterocycles. The molecule has 1 aromatic heterocycles. The van der Waals surface area contributed by atoms with Crippen LogP contribution in [0.2, 0.25) is 5.02 Å². The Hall–Kier alpha value is -4.27. The molecule has 0 fully saturated rings. The second-order valence-corrected chi connectivity index (χ2v) is 9.98. The number of halogens is 2. The Kier molecular flexibility index (Phi) is 7.86. The van der Waals surface area contributed by atoms with Gasteiger partial charge in [-0.15, -0.1) is 0 Å². The van der Waals surface area contributed by atoms with Gasteiger partial charge in [0.25, 0.3) is 11.5 Å². The fourth-order valence-electron chi connectivity index (χ4n) is 3.92. The number of carbonyl (C=O) groups excluding carboxylic acids is 1. The highest BCUT2D eigenvalue weighted by atomic mass is 79.9. The number of aromatic nitrogens is 2. The van der Waals surface area contributed by atoms with Crippen molar-refractivity contribution >= 4 is 56.2 Å². The number of aryl methyl sites for hydroxylation is 1. The third-order valence-corrected chi connectivity index (χ3v) is 6.63. The van der Waals surface area contributed by atoms with Crippen molar-refractivity contribution in [3.63, 3.8) is 0 Å². The number of carbonyl (C=O) groups is 1. The smallest absolute Gasteiger partial charge is 0.282 e. The standard InChI is InChI=1S/C30H22BrClN4O3/c1-19-11-13-23(14-12-19)34-27(37)18-39-28-21(15-22(32)16-25(28)31)17-33-36-29(20-7-3-2-4-8-20)35-26-10-6-5-9-24(26)30(36)38/h2-17H,18H2,1H3,(H,34,37). The van der Waals surface area contributed by atoms with Gasteiger partial charge in [-0.3, -0.25) is 9.59 Å². The van der Waals surface area contributed by atoms with Crippen LogP contribution in [0.5, 0.6) is 5.75 Å². The van der Waals surface area contributed by atoms with E-state index in [0.29, 0.717) is 43.2 Å². The van der Waals surface area contributed by atoms with Crippen molar-refractivity contribution in [1.82, 2.24) is 9.66 Å². The third-order valence-electron chi connectivity index (χ3n) is 5.82. The Balaban J connectivity index is 1.49. The van der Waals surface area contributed by atoms with E-state index in [2.05, 4.69) is 26.3 Å². The summed E-state index contributed by atoms with van der Waals surface area (Å²) in [6.07, 6.45) is 1.47. The minimum Gasteiger partial charge on any atom is -0.482 e. The minimum absolute atomic E-state index is 0.248. The number of fused-ring (bicyclic) bond motifs is 1. The summed E-state index contributed by atoms with van der Waals surface area (Å²) in [5.41, 5.74) is 3.21. The van der Waals surface area contributed by atoms with Crippen molar-refractivity contribution in [2.24, 2.45) is 5.10 Å².